The zero-order chi connectivity index (χ0) is 28.5. The number of rotatable bonds is 8. The molecule has 3 rings (SSSR count). The van der Waals surface area contributed by atoms with Crippen molar-refractivity contribution in [3.63, 3.8) is 0 Å². The van der Waals surface area contributed by atoms with Gasteiger partial charge in [0.15, 0.2) is 9.84 Å². The van der Waals surface area contributed by atoms with Crippen molar-refractivity contribution in [2.75, 3.05) is 0 Å². The van der Waals surface area contributed by atoms with E-state index in [0.29, 0.717) is 11.5 Å². The van der Waals surface area contributed by atoms with Gasteiger partial charge in [-0.05, 0) is 82.7 Å². The van der Waals surface area contributed by atoms with Crippen LogP contribution in [0.3, 0.4) is 0 Å². The van der Waals surface area contributed by atoms with Crippen molar-refractivity contribution in [2.45, 2.75) is 72.3 Å². The Kier molecular flexibility index (Phi) is 8.18. The van der Waals surface area contributed by atoms with E-state index in [4.69, 9.17) is 14.2 Å². The Morgan fingerprint density at radius 1 is 0.921 bits per heavy atom. The van der Waals surface area contributed by atoms with Gasteiger partial charge in [0.2, 0.25) is 0 Å². The summed E-state index contributed by atoms with van der Waals surface area (Å²) in [5.74, 6) is -1.16. The molecule has 0 heterocycles. The van der Waals surface area contributed by atoms with Crippen molar-refractivity contribution in [1.82, 2.24) is 0 Å². The van der Waals surface area contributed by atoms with Crippen molar-refractivity contribution < 1.29 is 32.2 Å². The molecule has 0 amide bonds. The van der Waals surface area contributed by atoms with Crippen LogP contribution in [-0.4, -0.2) is 30.7 Å². The van der Waals surface area contributed by atoms with Crippen LogP contribution in [0.1, 0.15) is 61.0 Å². The molecule has 2 atom stereocenters. The molecule has 1 aliphatic rings. The predicted molar refractivity (Wildman–Crippen MR) is 146 cm³/mol. The van der Waals surface area contributed by atoms with Crippen LogP contribution in [-0.2, 0) is 35.5 Å². The van der Waals surface area contributed by atoms with Gasteiger partial charge >= 0.3 is 11.9 Å². The summed E-state index contributed by atoms with van der Waals surface area (Å²) in [5, 5.41) is 0. The largest absolute Gasteiger partial charge is 0.461 e. The van der Waals surface area contributed by atoms with Crippen molar-refractivity contribution in [1.29, 1.82) is 0 Å². The monoisotopic (exact) mass is 542 g/mol. The first-order valence-electron chi connectivity index (χ1n) is 12.6. The van der Waals surface area contributed by atoms with Gasteiger partial charge in [0.25, 0.3) is 0 Å². The number of carbonyl (C=O) groups excluding carboxylic acids is 2. The number of hydrogen-bond donors (Lipinski definition) is 0. The first-order chi connectivity index (χ1) is 17.4. The molecule has 2 aromatic carbocycles. The van der Waals surface area contributed by atoms with Gasteiger partial charge < -0.3 is 14.2 Å². The molecule has 1 aliphatic carbocycles. The van der Waals surface area contributed by atoms with E-state index < -0.39 is 54.3 Å². The lowest BCUT2D eigenvalue weighted by atomic mass is 10.1. The standard InChI is InChI=1S/C30H38O7S/c1-28(2,3)37-26(31)24(38(33,34)29(4,5)6)18-23-25(30(23,7)8)27(32)35-19-20-13-12-16-22(17-20)36-21-14-10-9-11-15-21/h9-18,23,25H,19H2,1-8H3/t23-,25-/m0/s1. The fourth-order valence-corrected chi connectivity index (χ4v) is 5.34. The Hall–Kier alpha value is -3.13. The van der Waals surface area contributed by atoms with Gasteiger partial charge in [0.05, 0.1) is 10.7 Å². The first kappa shape index (κ1) is 29.4. The molecule has 0 unspecified atom stereocenters. The molecule has 0 aliphatic heterocycles. The molecule has 0 saturated heterocycles. The highest BCUT2D eigenvalue weighted by Crippen LogP contribution is 2.60. The molecule has 0 radical (unpaired) electrons. The Labute approximate surface area is 226 Å². The molecule has 0 N–H and O–H groups in total. The molecular weight excluding hydrogens is 504 g/mol. The maximum atomic E-state index is 13.3. The molecule has 7 nitrogen and oxygen atoms in total. The Balaban J connectivity index is 1.77. The summed E-state index contributed by atoms with van der Waals surface area (Å²) < 4.78 is 42.3. The van der Waals surface area contributed by atoms with Gasteiger partial charge in [-0.3, -0.25) is 4.79 Å². The highest BCUT2D eigenvalue weighted by Gasteiger charge is 2.62. The number of benzene rings is 2. The lowest BCUT2D eigenvalue weighted by Gasteiger charge is -2.24. The third-order valence-electron chi connectivity index (χ3n) is 6.45. The quantitative estimate of drug-likeness (QED) is 0.288. The lowest BCUT2D eigenvalue weighted by molar-refractivity contribution is -0.149. The van der Waals surface area contributed by atoms with Gasteiger partial charge in [0, 0.05) is 0 Å². The van der Waals surface area contributed by atoms with Crippen LogP contribution in [0.5, 0.6) is 11.5 Å². The first-order valence-corrected chi connectivity index (χ1v) is 14.1. The number of allylic oxidation sites excluding steroid dienone is 1. The summed E-state index contributed by atoms with van der Waals surface area (Å²) in [5.41, 5.74) is -0.711. The van der Waals surface area contributed by atoms with E-state index in [0.717, 1.165) is 5.56 Å². The van der Waals surface area contributed by atoms with E-state index >= 15 is 0 Å². The Bertz CT molecular complexity index is 1310. The average Bonchev–Trinajstić information content (AvgIpc) is 3.34. The minimum absolute atomic E-state index is 0.0348. The topological polar surface area (TPSA) is 96.0 Å². The van der Waals surface area contributed by atoms with E-state index in [1.54, 1.807) is 26.8 Å². The highest BCUT2D eigenvalue weighted by atomic mass is 32.2. The number of ether oxygens (including phenoxy) is 3. The maximum absolute atomic E-state index is 13.3. The molecular formula is C30H38O7S. The number of esters is 2. The van der Waals surface area contributed by atoms with Crippen LogP contribution in [0, 0.1) is 17.3 Å². The van der Waals surface area contributed by atoms with E-state index in [1.165, 1.54) is 26.8 Å². The van der Waals surface area contributed by atoms with Crippen molar-refractivity contribution in [3.05, 3.63) is 71.1 Å². The van der Waals surface area contributed by atoms with Crippen LogP contribution in [0.4, 0.5) is 0 Å². The van der Waals surface area contributed by atoms with E-state index in [1.807, 2.05) is 62.4 Å². The van der Waals surface area contributed by atoms with Crippen LogP contribution >= 0.6 is 0 Å². The van der Waals surface area contributed by atoms with E-state index in [-0.39, 0.29) is 6.61 Å². The van der Waals surface area contributed by atoms with Crippen LogP contribution in [0.25, 0.3) is 0 Å². The normalized spacial score (nSPS) is 19.4. The van der Waals surface area contributed by atoms with E-state index in [9.17, 15) is 18.0 Å². The minimum Gasteiger partial charge on any atom is -0.461 e. The van der Waals surface area contributed by atoms with Crippen LogP contribution < -0.4 is 4.74 Å². The summed E-state index contributed by atoms with van der Waals surface area (Å²) in [6.45, 7) is 13.3. The third kappa shape index (κ3) is 6.84. The fraction of sp³-hybridized carbons (Fsp3) is 0.467. The molecule has 8 heteroatoms. The second-order valence-corrected chi connectivity index (χ2v) is 14.8. The number of para-hydroxylation sites is 1. The van der Waals surface area contributed by atoms with Crippen molar-refractivity contribution in [2.24, 2.45) is 17.3 Å². The molecule has 38 heavy (non-hydrogen) atoms. The number of hydrogen-bond acceptors (Lipinski definition) is 7. The summed E-state index contributed by atoms with van der Waals surface area (Å²) in [7, 11) is -4.03. The molecule has 0 bridgehead atoms. The van der Waals surface area contributed by atoms with Gasteiger partial charge in [-0.25, -0.2) is 13.2 Å². The second kappa shape index (κ2) is 10.6. The van der Waals surface area contributed by atoms with Crippen molar-refractivity contribution in [3.8, 4) is 11.5 Å². The lowest BCUT2D eigenvalue weighted by Crippen LogP contribution is -2.35. The Morgan fingerprint density at radius 2 is 1.53 bits per heavy atom. The summed E-state index contributed by atoms with van der Waals surface area (Å²) in [6.07, 6.45) is 1.38. The zero-order valence-electron chi connectivity index (χ0n) is 23.4. The van der Waals surface area contributed by atoms with Gasteiger partial charge in [-0.15, -0.1) is 0 Å². The fourth-order valence-electron chi connectivity index (χ4n) is 4.10. The molecule has 0 spiro atoms. The number of sulfone groups is 1. The molecule has 1 saturated carbocycles. The highest BCUT2D eigenvalue weighted by molar-refractivity contribution is 7.97. The smallest absolute Gasteiger partial charge is 0.349 e. The SMILES string of the molecule is CC(C)(C)OC(=O)C(=C[C@H]1[C@@H](C(=O)OCc2cccc(Oc3ccccc3)c2)C1(C)C)S(=O)(=O)C(C)(C)C. The average molecular weight is 543 g/mol. The molecule has 1 fully saturated rings. The molecule has 0 aromatic heterocycles. The van der Waals surface area contributed by atoms with Gasteiger partial charge in [0.1, 0.15) is 28.6 Å². The number of carbonyl (C=O) groups is 2. The Morgan fingerprint density at radius 3 is 2.11 bits per heavy atom. The van der Waals surface area contributed by atoms with Gasteiger partial charge in [-0.2, -0.15) is 0 Å². The van der Waals surface area contributed by atoms with Crippen LogP contribution in [0.15, 0.2) is 65.6 Å². The summed E-state index contributed by atoms with van der Waals surface area (Å²) in [6, 6.07) is 16.6. The zero-order valence-corrected chi connectivity index (χ0v) is 24.2. The van der Waals surface area contributed by atoms with E-state index in [2.05, 4.69) is 0 Å². The predicted octanol–water partition coefficient (Wildman–Crippen LogP) is 6.23. The summed E-state index contributed by atoms with van der Waals surface area (Å²) >= 11 is 0. The van der Waals surface area contributed by atoms with Crippen LogP contribution in [0.2, 0.25) is 0 Å². The van der Waals surface area contributed by atoms with Gasteiger partial charge in [-0.1, -0.05) is 50.3 Å². The maximum Gasteiger partial charge on any atom is 0.349 e. The minimum atomic E-state index is -4.03. The molecule has 206 valence electrons. The summed E-state index contributed by atoms with van der Waals surface area (Å²) in [4.78, 5) is 25.6. The van der Waals surface area contributed by atoms with Crippen molar-refractivity contribution >= 4 is 21.8 Å². The second-order valence-electron chi connectivity index (χ2n) is 12.1. The molecule has 2 aromatic rings. The third-order valence-corrected chi connectivity index (χ3v) is 8.94.